The maximum Gasteiger partial charge on any atom is 0.238 e. The van der Waals surface area contributed by atoms with E-state index in [0.717, 1.165) is 5.56 Å². The topological polar surface area (TPSA) is 55.2 Å². The third-order valence-corrected chi connectivity index (χ3v) is 2.66. The predicted molar refractivity (Wildman–Crippen MR) is 63.7 cm³/mol. The van der Waals surface area contributed by atoms with Gasteiger partial charge in [0, 0.05) is 12.4 Å². The van der Waals surface area contributed by atoms with Gasteiger partial charge in [-0.2, -0.15) is 0 Å². The summed E-state index contributed by atoms with van der Waals surface area (Å²) in [5.74, 6) is 0.335. The zero-order valence-electron chi connectivity index (χ0n) is 9.79. The molecular formula is C13H14N2O2. The van der Waals surface area contributed by atoms with Crippen LogP contribution >= 0.6 is 0 Å². The van der Waals surface area contributed by atoms with E-state index in [-0.39, 0.29) is 0 Å². The molecule has 2 rings (SSSR count). The minimum Gasteiger partial charge on any atom is -0.480 e. The lowest BCUT2D eigenvalue weighted by Gasteiger charge is -2.24. The number of hydrogen-bond donors (Lipinski definition) is 1. The number of rotatable bonds is 3. The van der Waals surface area contributed by atoms with E-state index in [9.17, 15) is 5.11 Å². The van der Waals surface area contributed by atoms with Gasteiger partial charge in [-0.05, 0) is 12.5 Å². The Kier molecular flexibility index (Phi) is 3.06. The number of methoxy groups -OCH3 is 1. The lowest BCUT2D eigenvalue weighted by Crippen LogP contribution is -2.25. The Morgan fingerprint density at radius 3 is 2.41 bits per heavy atom. The highest BCUT2D eigenvalue weighted by molar-refractivity contribution is 5.35. The molecular weight excluding hydrogens is 216 g/mol. The molecule has 1 atom stereocenters. The summed E-state index contributed by atoms with van der Waals surface area (Å²) in [6.07, 6.45) is 3.07. The monoisotopic (exact) mass is 230 g/mol. The van der Waals surface area contributed by atoms with E-state index in [1.54, 1.807) is 6.92 Å². The summed E-state index contributed by atoms with van der Waals surface area (Å²) >= 11 is 0. The molecule has 0 amide bonds. The van der Waals surface area contributed by atoms with Crippen molar-refractivity contribution in [3.63, 3.8) is 0 Å². The van der Waals surface area contributed by atoms with Gasteiger partial charge in [-0.25, -0.2) is 4.98 Å². The minimum atomic E-state index is -1.22. The van der Waals surface area contributed by atoms with Gasteiger partial charge in [-0.1, -0.05) is 30.3 Å². The standard InChI is InChI=1S/C13H14N2O2/c1-13(16,10-6-4-3-5-7-10)11-12(17-2)15-9-8-14-11/h3-9,16H,1-2H3. The third-order valence-electron chi connectivity index (χ3n) is 2.66. The van der Waals surface area contributed by atoms with Crippen molar-refractivity contribution in [2.24, 2.45) is 0 Å². The average Bonchev–Trinajstić information content (AvgIpc) is 2.39. The van der Waals surface area contributed by atoms with Crippen LogP contribution in [0.4, 0.5) is 0 Å². The zero-order valence-corrected chi connectivity index (χ0v) is 9.79. The molecule has 17 heavy (non-hydrogen) atoms. The highest BCUT2D eigenvalue weighted by Gasteiger charge is 2.31. The fraction of sp³-hybridized carbons (Fsp3) is 0.231. The van der Waals surface area contributed by atoms with Gasteiger partial charge in [0.15, 0.2) is 0 Å². The summed E-state index contributed by atoms with van der Waals surface area (Å²) in [4.78, 5) is 8.20. The van der Waals surface area contributed by atoms with Crippen LogP contribution in [0.15, 0.2) is 42.7 Å². The lowest BCUT2D eigenvalue weighted by molar-refractivity contribution is 0.0929. The van der Waals surface area contributed by atoms with Crippen LogP contribution in [0.25, 0.3) is 0 Å². The van der Waals surface area contributed by atoms with Crippen molar-refractivity contribution in [2.75, 3.05) is 7.11 Å². The van der Waals surface area contributed by atoms with Gasteiger partial charge in [0.2, 0.25) is 5.88 Å². The number of hydrogen-bond acceptors (Lipinski definition) is 4. The van der Waals surface area contributed by atoms with Gasteiger partial charge in [0.25, 0.3) is 0 Å². The van der Waals surface area contributed by atoms with Crippen LogP contribution in [0.5, 0.6) is 5.88 Å². The number of ether oxygens (including phenoxy) is 1. The summed E-state index contributed by atoms with van der Waals surface area (Å²) in [6, 6.07) is 9.31. The van der Waals surface area contributed by atoms with Crippen LogP contribution in [0, 0.1) is 0 Å². The first-order chi connectivity index (χ1) is 8.16. The maximum absolute atomic E-state index is 10.6. The normalized spacial score (nSPS) is 14.1. The second-order valence-electron chi connectivity index (χ2n) is 3.85. The second-order valence-corrected chi connectivity index (χ2v) is 3.85. The number of aliphatic hydroxyl groups is 1. The molecule has 0 saturated carbocycles. The molecule has 1 heterocycles. The SMILES string of the molecule is COc1nccnc1C(C)(O)c1ccccc1. The quantitative estimate of drug-likeness (QED) is 0.872. The molecule has 0 aliphatic rings. The Labute approximate surface area is 99.9 Å². The Morgan fingerprint density at radius 2 is 1.76 bits per heavy atom. The van der Waals surface area contributed by atoms with Gasteiger partial charge in [0.1, 0.15) is 11.3 Å². The second kappa shape index (κ2) is 4.51. The molecule has 1 unspecified atom stereocenters. The summed E-state index contributed by atoms with van der Waals surface area (Å²) < 4.78 is 5.12. The van der Waals surface area contributed by atoms with Crippen molar-refractivity contribution in [3.8, 4) is 5.88 Å². The summed E-state index contributed by atoms with van der Waals surface area (Å²) in [5.41, 5.74) is -0.0616. The number of aromatic nitrogens is 2. The van der Waals surface area contributed by atoms with Crippen LogP contribution in [0.2, 0.25) is 0 Å². The average molecular weight is 230 g/mol. The molecule has 4 nitrogen and oxygen atoms in total. The van der Waals surface area contributed by atoms with Gasteiger partial charge in [-0.15, -0.1) is 0 Å². The Balaban J connectivity index is 2.51. The lowest BCUT2D eigenvalue weighted by atomic mass is 9.92. The first-order valence-corrected chi connectivity index (χ1v) is 5.29. The van der Waals surface area contributed by atoms with Crippen molar-refractivity contribution in [1.29, 1.82) is 0 Å². The molecule has 1 N–H and O–H groups in total. The van der Waals surface area contributed by atoms with E-state index in [2.05, 4.69) is 9.97 Å². The smallest absolute Gasteiger partial charge is 0.238 e. The minimum absolute atomic E-state index is 0.335. The Morgan fingerprint density at radius 1 is 1.12 bits per heavy atom. The molecule has 2 aromatic rings. The van der Waals surface area contributed by atoms with Crippen molar-refractivity contribution in [1.82, 2.24) is 9.97 Å². The van der Waals surface area contributed by atoms with Gasteiger partial charge in [-0.3, -0.25) is 4.98 Å². The van der Waals surface area contributed by atoms with E-state index in [0.29, 0.717) is 11.6 Å². The molecule has 0 fully saturated rings. The Bertz CT molecular complexity index is 498. The highest BCUT2D eigenvalue weighted by Crippen LogP contribution is 2.31. The molecule has 0 spiro atoms. The van der Waals surface area contributed by atoms with Gasteiger partial charge >= 0.3 is 0 Å². The zero-order chi connectivity index (χ0) is 12.3. The molecule has 0 aliphatic carbocycles. The molecule has 0 aliphatic heterocycles. The van der Waals surface area contributed by atoms with E-state index < -0.39 is 5.60 Å². The molecule has 0 radical (unpaired) electrons. The van der Waals surface area contributed by atoms with E-state index >= 15 is 0 Å². The first-order valence-electron chi connectivity index (χ1n) is 5.29. The van der Waals surface area contributed by atoms with Crippen LogP contribution in [0.1, 0.15) is 18.2 Å². The fourth-order valence-electron chi connectivity index (χ4n) is 1.71. The largest absolute Gasteiger partial charge is 0.480 e. The van der Waals surface area contributed by atoms with Crippen molar-refractivity contribution in [2.45, 2.75) is 12.5 Å². The highest BCUT2D eigenvalue weighted by atomic mass is 16.5. The van der Waals surface area contributed by atoms with Crippen LogP contribution in [-0.2, 0) is 5.60 Å². The third kappa shape index (κ3) is 2.12. The van der Waals surface area contributed by atoms with Crippen molar-refractivity contribution >= 4 is 0 Å². The number of nitrogens with zero attached hydrogens (tertiary/aromatic N) is 2. The first kappa shape index (κ1) is 11.5. The van der Waals surface area contributed by atoms with E-state index in [1.165, 1.54) is 19.5 Å². The molecule has 0 saturated heterocycles. The van der Waals surface area contributed by atoms with E-state index in [1.807, 2.05) is 30.3 Å². The summed E-state index contributed by atoms with van der Waals surface area (Å²) in [5, 5.41) is 10.6. The van der Waals surface area contributed by atoms with Crippen LogP contribution < -0.4 is 4.74 Å². The fourth-order valence-corrected chi connectivity index (χ4v) is 1.71. The number of benzene rings is 1. The van der Waals surface area contributed by atoms with Crippen LogP contribution in [-0.4, -0.2) is 22.2 Å². The molecule has 0 bridgehead atoms. The van der Waals surface area contributed by atoms with E-state index in [4.69, 9.17) is 4.74 Å². The van der Waals surface area contributed by atoms with Crippen LogP contribution in [0.3, 0.4) is 0 Å². The molecule has 88 valence electrons. The van der Waals surface area contributed by atoms with Gasteiger partial charge < -0.3 is 9.84 Å². The Hall–Kier alpha value is -1.94. The summed E-state index contributed by atoms with van der Waals surface area (Å²) in [7, 11) is 1.51. The molecule has 1 aromatic heterocycles. The molecule has 4 heteroatoms. The molecule has 1 aromatic carbocycles. The van der Waals surface area contributed by atoms with Gasteiger partial charge in [0.05, 0.1) is 7.11 Å². The predicted octanol–water partition coefficient (Wildman–Crippen LogP) is 1.74. The summed E-state index contributed by atoms with van der Waals surface area (Å²) in [6.45, 7) is 1.68. The maximum atomic E-state index is 10.6. The van der Waals surface area contributed by atoms with Crippen molar-refractivity contribution < 1.29 is 9.84 Å². The van der Waals surface area contributed by atoms with Crippen molar-refractivity contribution in [3.05, 3.63) is 54.0 Å².